The third kappa shape index (κ3) is 3.00. The summed E-state index contributed by atoms with van der Waals surface area (Å²) in [4.78, 5) is 0. The van der Waals surface area contributed by atoms with E-state index in [1.54, 1.807) is 0 Å². The predicted molar refractivity (Wildman–Crippen MR) is 73.0 cm³/mol. The first-order valence-corrected chi connectivity index (χ1v) is 7.66. The van der Waals surface area contributed by atoms with Gasteiger partial charge in [0.05, 0.1) is 6.10 Å². The van der Waals surface area contributed by atoms with Crippen LogP contribution in [-0.4, -0.2) is 23.9 Å². The van der Waals surface area contributed by atoms with Gasteiger partial charge in [0.25, 0.3) is 0 Å². The molecule has 0 saturated carbocycles. The molecule has 3 rings (SSSR count). The average molecular weight is 264 g/mol. The lowest BCUT2D eigenvalue weighted by atomic mass is 9.96. The summed E-state index contributed by atoms with van der Waals surface area (Å²) >= 11 is 0. The average Bonchev–Trinajstić information content (AvgIpc) is 2.89. The maximum absolute atomic E-state index is 5.82. The molecule has 4 heteroatoms. The molecule has 1 fully saturated rings. The van der Waals surface area contributed by atoms with Crippen molar-refractivity contribution < 1.29 is 9.26 Å². The fourth-order valence-corrected chi connectivity index (χ4v) is 3.14. The minimum Gasteiger partial charge on any atom is -0.377 e. The van der Waals surface area contributed by atoms with E-state index in [0.717, 1.165) is 37.4 Å². The predicted octanol–water partition coefficient (Wildman–Crippen LogP) is 2.60. The van der Waals surface area contributed by atoms with E-state index < -0.39 is 0 Å². The Morgan fingerprint density at radius 2 is 2.16 bits per heavy atom. The van der Waals surface area contributed by atoms with Gasteiger partial charge >= 0.3 is 0 Å². The van der Waals surface area contributed by atoms with Gasteiger partial charge in [-0.2, -0.15) is 0 Å². The van der Waals surface area contributed by atoms with Crippen LogP contribution in [0, 0.1) is 0 Å². The Morgan fingerprint density at radius 3 is 3.00 bits per heavy atom. The molecule has 1 aromatic heterocycles. The number of rotatable bonds is 4. The van der Waals surface area contributed by atoms with Crippen LogP contribution < -0.4 is 5.32 Å². The molecule has 1 aliphatic carbocycles. The monoisotopic (exact) mass is 264 g/mol. The summed E-state index contributed by atoms with van der Waals surface area (Å²) in [6, 6.07) is 0.385. The van der Waals surface area contributed by atoms with Crippen molar-refractivity contribution in [2.24, 2.45) is 0 Å². The topological polar surface area (TPSA) is 47.3 Å². The molecular formula is C15H24N2O2. The molecule has 1 N–H and O–H groups in total. The Hall–Kier alpha value is -0.870. The van der Waals surface area contributed by atoms with Crippen molar-refractivity contribution in [3.05, 3.63) is 17.0 Å². The van der Waals surface area contributed by atoms with E-state index in [9.17, 15) is 0 Å². The van der Waals surface area contributed by atoms with Gasteiger partial charge < -0.3 is 14.6 Å². The molecule has 2 atom stereocenters. The number of nitrogens with zero attached hydrogens (tertiary/aromatic N) is 1. The maximum Gasteiger partial charge on any atom is 0.140 e. The molecule has 0 bridgehead atoms. The van der Waals surface area contributed by atoms with Crippen LogP contribution in [0.4, 0.5) is 0 Å². The zero-order valence-corrected chi connectivity index (χ0v) is 11.8. The van der Waals surface area contributed by atoms with Gasteiger partial charge in [0.1, 0.15) is 11.5 Å². The van der Waals surface area contributed by atoms with Crippen LogP contribution in [0.3, 0.4) is 0 Å². The van der Waals surface area contributed by atoms with Crippen LogP contribution in [0.15, 0.2) is 4.52 Å². The van der Waals surface area contributed by atoms with Crippen molar-refractivity contribution in [2.45, 2.75) is 70.6 Å². The third-order valence-corrected chi connectivity index (χ3v) is 4.40. The molecular weight excluding hydrogens is 240 g/mol. The second-order valence-corrected chi connectivity index (χ2v) is 5.81. The lowest BCUT2D eigenvalue weighted by Crippen LogP contribution is -2.40. The quantitative estimate of drug-likeness (QED) is 0.908. The highest BCUT2D eigenvalue weighted by Gasteiger charge is 2.23. The molecule has 1 saturated heterocycles. The molecule has 4 nitrogen and oxygen atoms in total. The molecule has 2 heterocycles. The summed E-state index contributed by atoms with van der Waals surface area (Å²) in [5.74, 6) is 1.12. The van der Waals surface area contributed by atoms with Gasteiger partial charge in [-0.05, 0) is 45.4 Å². The lowest BCUT2D eigenvalue weighted by Gasteiger charge is -2.28. The highest BCUT2D eigenvalue weighted by molar-refractivity contribution is 5.25. The molecule has 0 radical (unpaired) electrons. The Morgan fingerprint density at radius 1 is 1.26 bits per heavy atom. The number of aromatic nitrogens is 1. The minimum absolute atomic E-state index is 0.358. The van der Waals surface area contributed by atoms with E-state index in [1.165, 1.54) is 37.7 Å². The standard InChI is InChI=1S/C15H24N2O2/c1-11(14-7-4-5-9-18-14)16-10-13-12-6-2-3-8-15(12)19-17-13/h11,14,16H,2-10H2,1H3. The van der Waals surface area contributed by atoms with Crippen LogP contribution in [0.2, 0.25) is 0 Å². The highest BCUT2D eigenvalue weighted by atomic mass is 16.5. The SMILES string of the molecule is CC(NCc1noc2c1CCCC2)C1CCCCO1. The molecule has 1 aromatic rings. The van der Waals surface area contributed by atoms with Gasteiger partial charge in [0, 0.05) is 31.2 Å². The number of hydrogen-bond acceptors (Lipinski definition) is 4. The second-order valence-electron chi connectivity index (χ2n) is 5.81. The van der Waals surface area contributed by atoms with Gasteiger partial charge in [-0.15, -0.1) is 0 Å². The highest BCUT2D eigenvalue weighted by Crippen LogP contribution is 2.24. The van der Waals surface area contributed by atoms with Crippen molar-refractivity contribution in [3.8, 4) is 0 Å². The molecule has 0 aromatic carbocycles. The number of aryl methyl sites for hydroxylation is 1. The van der Waals surface area contributed by atoms with Crippen molar-refractivity contribution >= 4 is 0 Å². The molecule has 2 aliphatic rings. The molecule has 19 heavy (non-hydrogen) atoms. The van der Waals surface area contributed by atoms with E-state index in [0.29, 0.717) is 12.1 Å². The third-order valence-electron chi connectivity index (χ3n) is 4.40. The number of ether oxygens (including phenoxy) is 1. The Balaban J connectivity index is 1.55. The number of fused-ring (bicyclic) bond motifs is 1. The second kappa shape index (κ2) is 6.06. The molecule has 0 spiro atoms. The first-order valence-electron chi connectivity index (χ1n) is 7.66. The summed E-state index contributed by atoms with van der Waals surface area (Å²) in [7, 11) is 0. The molecule has 0 amide bonds. The van der Waals surface area contributed by atoms with E-state index in [2.05, 4.69) is 17.4 Å². The molecule has 1 aliphatic heterocycles. The molecule has 2 unspecified atom stereocenters. The van der Waals surface area contributed by atoms with Gasteiger partial charge in [-0.25, -0.2) is 0 Å². The van der Waals surface area contributed by atoms with E-state index in [1.807, 2.05) is 0 Å². The molecule has 106 valence electrons. The summed E-state index contributed by atoms with van der Waals surface area (Å²) in [5.41, 5.74) is 2.47. The Kier molecular flexibility index (Phi) is 4.18. The smallest absolute Gasteiger partial charge is 0.140 e. The maximum atomic E-state index is 5.82. The normalized spacial score (nSPS) is 25.0. The van der Waals surface area contributed by atoms with Crippen LogP contribution in [0.25, 0.3) is 0 Å². The summed E-state index contributed by atoms with van der Waals surface area (Å²) < 4.78 is 11.3. The number of nitrogens with one attached hydrogen (secondary N) is 1. The van der Waals surface area contributed by atoms with Crippen LogP contribution in [0.1, 0.15) is 56.0 Å². The minimum atomic E-state index is 0.358. The Bertz CT molecular complexity index is 410. The number of hydrogen-bond donors (Lipinski definition) is 1. The largest absolute Gasteiger partial charge is 0.377 e. The van der Waals surface area contributed by atoms with E-state index >= 15 is 0 Å². The van der Waals surface area contributed by atoms with E-state index in [-0.39, 0.29) is 0 Å². The lowest BCUT2D eigenvalue weighted by molar-refractivity contribution is -0.00409. The van der Waals surface area contributed by atoms with Crippen molar-refractivity contribution in [3.63, 3.8) is 0 Å². The van der Waals surface area contributed by atoms with E-state index in [4.69, 9.17) is 9.26 Å². The first-order chi connectivity index (χ1) is 9.34. The van der Waals surface area contributed by atoms with Crippen LogP contribution in [-0.2, 0) is 24.1 Å². The van der Waals surface area contributed by atoms with Crippen LogP contribution >= 0.6 is 0 Å². The van der Waals surface area contributed by atoms with Crippen molar-refractivity contribution in [2.75, 3.05) is 6.61 Å². The fraction of sp³-hybridized carbons (Fsp3) is 0.800. The summed E-state index contributed by atoms with van der Waals surface area (Å²) in [6.45, 7) is 3.93. The van der Waals surface area contributed by atoms with Gasteiger partial charge in [0.15, 0.2) is 0 Å². The zero-order valence-electron chi connectivity index (χ0n) is 11.8. The van der Waals surface area contributed by atoms with Crippen molar-refractivity contribution in [1.29, 1.82) is 0 Å². The van der Waals surface area contributed by atoms with Gasteiger partial charge in [-0.1, -0.05) is 5.16 Å². The summed E-state index contributed by atoms with van der Waals surface area (Å²) in [6.07, 6.45) is 8.72. The first kappa shape index (κ1) is 13.1. The Labute approximate surface area is 114 Å². The fourth-order valence-electron chi connectivity index (χ4n) is 3.14. The van der Waals surface area contributed by atoms with Crippen molar-refractivity contribution in [1.82, 2.24) is 10.5 Å². The zero-order chi connectivity index (χ0) is 13.1. The summed E-state index contributed by atoms with van der Waals surface area (Å²) in [5, 5.41) is 7.79. The van der Waals surface area contributed by atoms with Gasteiger partial charge in [0.2, 0.25) is 0 Å². The van der Waals surface area contributed by atoms with Crippen LogP contribution in [0.5, 0.6) is 0 Å². The van der Waals surface area contributed by atoms with Gasteiger partial charge in [-0.3, -0.25) is 0 Å².